The Morgan fingerprint density at radius 2 is 0.821 bits per heavy atom. The molecule has 0 atom stereocenters. The third kappa shape index (κ3) is 5.63. The van der Waals surface area contributed by atoms with E-state index in [1.165, 1.54) is 77.5 Å². The number of anilines is 3. The molecule has 0 bridgehead atoms. The van der Waals surface area contributed by atoms with Gasteiger partial charge >= 0.3 is 0 Å². The molecule has 1 nitrogen and oxygen atoms in total. The largest absolute Gasteiger partial charge is 0.309 e. The zero-order valence-electron chi connectivity index (χ0n) is 31.7. The molecule has 10 rings (SSSR count). The summed E-state index contributed by atoms with van der Waals surface area (Å²) >= 11 is 0. The third-order valence-electron chi connectivity index (χ3n) is 11.7. The van der Waals surface area contributed by atoms with E-state index < -0.39 is 0 Å². The van der Waals surface area contributed by atoms with Crippen LogP contribution in [0.15, 0.2) is 212 Å². The van der Waals surface area contributed by atoms with Crippen LogP contribution in [0.1, 0.15) is 25.0 Å². The van der Waals surface area contributed by atoms with E-state index in [0.29, 0.717) is 0 Å². The first-order valence-electron chi connectivity index (χ1n) is 19.5. The highest BCUT2D eigenvalue weighted by Gasteiger charge is 2.35. The Labute approximate surface area is 329 Å². The second kappa shape index (κ2) is 13.7. The molecule has 0 heterocycles. The van der Waals surface area contributed by atoms with E-state index >= 15 is 0 Å². The SMILES string of the molecule is CC1(C)c2ccccc2-c2ccc(-c3ccccc3N(c3ccc(-c4ccccc4)cc3)c3ccccc3-c3cccc4cccc(-c5ccccc5)c34)cc21. The third-order valence-corrected chi connectivity index (χ3v) is 11.7. The van der Waals surface area contributed by atoms with Gasteiger partial charge in [-0.25, -0.2) is 0 Å². The van der Waals surface area contributed by atoms with E-state index in [2.05, 4.69) is 231 Å². The first kappa shape index (κ1) is 33.6. The quantitative estimate of drug-likeness (QED) is 0.159. The molecule has 56 heavy (non-hydrogen) atoms. The van der Waals surface area contributed by atoms with Crippen molar-refractivity contribution in [3.05, 3.63) is 223 Å². The van der Waals surface area contributed by atoms with Gasteiger partial charge in [0.05, 0.1) is 11.4 Å². The molecule has 0 saturated heterocycles. The summed E-state index contributed by atoms with van der Waals surface area (Å²) in [6, 6.07) is 77.6. The lowest BCUT2D eigenvalue weighted by atomic mass is 9.81. The summed E-state index contributed by atoms with van der Waals surface area (Å²) in [4.78, 5) is 2.47. The van der Waals surface area contributed by atoms with Crippen molar-refractivity contribution < 1.29 is 0 Å². The maximum atomic E-state index is 2.47. The average Bonchev–Trinajstić information content (AvgIpc) is 3.50. The lowest BCUT2D eigenvalue weighted by Crippen LogP contribution is -2.15. The highest BCUT2D eigenvalue weighted by atomic mass is 15.1. The van der Waals surface area contributed by atoms with Gasteiger partial charge < -0.3 is 4.90 Å². The van der Waals surface area contributed by atoms with Gasteiger partial charge in [-0.15, -0.1) is 0 Å². The monoisotopic (exact) mass is 715 g/mol. The van der Waals surface area contributed by atoms with Crippen molar-refractivity contribution in [2.24, 2.45) is 0 Å². The summed E-state index contributed by atoms with van der Waals surface area (Å²) in [7, 11) is 0. The maximum absolute atomic E-state index is 2.47. The lowest BCUT2D eigenvalue weighted by Gasteiger charge is -2.30. The van der Waals surface area contributed by atoms with Crippen LogP contribution in [0.4, 0.5) is 17.1 Å². The number of hydrogen-bond donors (Lipinski definition) is 0. The molecule has 1 aliphatic rings. The molecule has 9 aromatic carbocycles. The van der Waals surface area contributed by atoms with Gasteiger partial charge in [0.15, 0.2) is 0 Å². The Bertz CT molecular complexity index is 2860. The van der Waals surface area contributed by atoms with Crippen LogP contribution < -0.4 is 4.90 Å². The molecule has 1 aliphatic carbocycles. The molecule has 0 aromatic heterocycles. The van der Waals surface area contributed by atoms with Gasteiger partial charge in [0.1, 0.15) is 0 Å². The van der Waals surface area contributed by atoms with Gasteiger partial charge in [0.25, 0.3) is 0 Å². The minimum Gasteiger partial charge on any atom is -0.309 e. The van der Waals surface area contributed by atoms with Crippen molar-refractivity contribution in [3.63, 3.8) is 0 Å². The second-order valence-electron chi connectivity index (χ2n) is 15.3. The smallest absolute Gasteiger partial charge is 0.0540 e. The minimum absolute atomic E-state index is 0.0960. The summed E-state index contributed by atoms with van der Waals surface area (Å²) in [6.45, 7) is 4.72. The van der Waals surface area contributed by atoms with Crippen molar-refractivity contribution >= 4 is 27.8 Å². The molecular weight excluding hydrogens is 675 g/mol. The van der Waals surface area contributed by atoms with Crippen molar-refractivity contribution in [1.82, 2.24) is 0 Å². The fourth-order valence-corrected chi connectivity index (χ4v) is 8.95. The summed E-state index contributed by atoms with van der Waals surface area (Å²) in [5.74, 6) is 0. The first-order valence-corrected chi connectivity index (χ1v) is 19.5. The number of fused-ring (bicyclic) bond motifs is 4. The van der Waals surface area contributed by atoms with E-state index in [0.717, 1.165) is 17.1 Å². The molecule has 0 N–H and O–H groups in total. The molecule has 0 spiro atoms. The van der Waals surface area contributed by atoms with Crippen LogP contribution in [-0.4, -0.2) is 0 Å². The zero-order valence-corrected chi connectivity index (χ0v) is 31.7. The van der Waals surface area contributed by atoms with Crippen molar-refractivity contribution in [1.29, 1.82) is 0 Å². The van der Waals surface area contributed by atoms with Crippen molar-refractivity contribution in [2.75, 3.05) is 4.90 Å². The summed E-state index contributed by atoms with van der Waals surface area (Å²) in [5, 5.41) is 2.47. The van der Waals surface area contributed by atoms with Crippen LogP contribution in [0, 0.1) is 0 Å². The topological polar surface area (TPSA) is 3.24 Å². The average molecular weight is 716 g/mol. The molecule has 0 unspecified atom stereocenters. The Morgan fingerprint density at radius 1 is 0.321 bits per heavy atom. The van der Waals surface area contributed by atoms with Crippen LogP contribution in [-0.2, 0) is 5.41 Å². The molecule has 9 aromatic rings. The number of hydrogen-bond acceptors (Lipinski definition) is 1. The van der Waals surface area contributed by atoms with E-state index in [4.69, 9.17) is 0 Å². The van der Waals surface area contributed by atoms with E-state index in [1.54, 1.807) is 0 Å². The predicted octanol–water partition coefficient (Wildman–Crippen LogP) is 15.3. The van der Waals surface area contributed by atoms with E-state index in [9.17, 15) is 0 Å². The highest BCUT2D eigenvalue weighted by molar-refractivity contribution is 6.09. The number of para-hydroxylation sites is 2. The minimum atomic E-state index is -0.0960. The fraction of sp³-hybridized carbons (Fsp3) is 0.0545. The van der Waals surface area contributed by atoms with Crippen LogP contribution in [0.25, 0.3) is 66.4 Å². The molecule has 0 saturated carbocycles. The number of benzene rings is 9. The zero-order chi connectivity index (χ0) is 37.6. The van der Waals surface area contributed by atoms with Gasteiger partial charge in [-0.3, -0.25) is 0 Å². The van der Waals surface area contributed by atoms with Gasteiger partial charge in [-0.05, 0) is 96.7 Å². The van der Waals surface area contributed by atoms with Crippen molar-refractivity contribution in [3.8, 4) is 55.6 Å². The summed E-state index contributed by atoms with van der Waals surface area (Å²) in [6.07, 6.45) is 0. The van der Waals surface area contributed by atoms with Gasteiger partial charge in [0, 0.05) is 22.2 Å². The second-order valence-corrected chi connectivity index (χ2v) is 15.3. The Hall–Kier alpha value is -6.96. The number of nitrogens with zero attached hydrogens (tertiary/aromatic N) is 1. The highest BCUT2D eigenvalue weighted by Crippen LogP contribution is 2.51. The summed E-state index contributed by atoms with van der Waals surface area (Å²) in [5.41, 5.74) is 18.3. The van der Waals surface area contributed by atoms with Crippen LogP contribution in [0.5, 0.6) is 0 Å². The number of rotatable bonds is 7. The maximum Gasteiger partial charge on any atom is 0.0540 e. The Balaban J connectivity index is 1.20. The molecule has 0 radical (unpaired) electrons. The molecule has 0 fully saturated rings. The normalized spacial score (nSPS) is 12.6. The van der Waals surface area contributed by atoms with Crippen LogP contribution in [0.2, 0.25) is 0 Å². The fourth-order valence-electron chi connectivity index (χ4n) is 8.95. The Kier molecular flexibility index (Phi) is 8.23. The van der Waals surface area contributed by atoms with Gasteiger partial charge in [0.2, 0.25) is 0 Å². The molecule has 0 amide bonds. The van der Waals surface area contributed by atoms with Gasteiger partial charge in [-0.1, -0.05) is 196 Å². The van der Waals surface area contributed by atoms with Crippen LogP contribution >= 0.6 is 0 Å². The molecule has 1 heteroatoms. The van der Waals surface area contributed by atoms with Crippen molar-refractivity contribution in [2.45, 2.75) is 19.3 Å². The predicted molar refractivity (Wildman–Crippen MR) is 238 cm³/mol. The standard InChI is InChI=1S/C55H41N/c1-55(2)50-28-12-9-24-46(50)47-36-33-42(37-51(47)55)44-23-10-13-29-52(44)56(43-34-31-39(32-35-43)38-17-5-3-6-18-38)53-30-14-11-25-48(53)49-27-16-22-41-21-15-26-45(54(41)49)40-19-7-4-8-20-40/h3-37H,1-2H3. The first-order chi connectivity index (χ1) is 27.6. The van der Waals surface area contributed by atoms with E-state index in [1.807, 2.05) is 0 Å². The molecular formula is C55H41N. The summed E-state index contributed by atoms with van der Waals surface area (Å²) < 4.78 is 0. The lowest BCUT2D eigenvalue weighted by molar-refractivity contribution is 0.660. The molecule has 0 aliphatic heterocycles. The molecule has 266 valence electrons. The van der Waals surface area contributed by atoms with E-state index in [-0.39, 0.29) is 5.41 Å². The van der Waals surface area contributed by atoms with Gasteiger partial charge in [-0.2, -0.15) is 0 Å². The Morgan fingerprint density at radius 3 is 1.54 bits per heavy atom. The van der Waals surface area contributed by atoms with Crippen LogP contribution in [0.3, 0.4) is 0 Å².